The van der Waals surface area contributed by atoms with Crippen molar-refractivity contribution in [2.24, 2.45) is 0 Å². The number of aryl methyl sites for hydroxylation is 1. The maximum Gasteiger partial charge on any atom is 0.128 e. The molecule has 3 heteroatoms. The van der Waals surface area contributed by atoms with Crippen molar-refractivity contribution in [2.45, 2.75) is 26.4 Å². The van der Waals surface area contributed by atoms with Gasteiger partial charge in [-0.2, -0.15) is 0 Å². The van der Waals surface area contributed by atoms with E-state index >= 15 is 0 Å². The SMILES string of the molecule is C=CCCCN(C)c1cc(CO)cc(C)n1. The first-order valence-electron chi connectivity index (χ1n) is 5.58. The zero-order valence-electron chi connectivity index (χ0n) is 10.1. The van der Waals surface area contributed by atoms with Crippen LogP contribution >= 0.6 is 0 Å². The summed E-state index contributed by atoms with van der Waals surface area (Å²) in [7, 11) is 2.02. The van der Waals surface area contributed by atoms with Gasteiger partial charge in [-0.25, -0.2) is 4.98 Å². The van der Waals surface area contributed by atoms with E-state index in [1.807, 2.05) is 32.2 Å². The molecule has 0 spiro atoms. The Balaban J connectivity index is 2.70. The van der Waals surface area contributed by atoms with Crippen molar-refractivity contribution in [3.63, 3.8) is 0 Å². The molecule has 0 unspecified atom stereocenters. The van der Waals surface area contributed by atoms with Crippen LogP contribution in [0.1, 0.15) is 24.1 Å². The van der Waals surface area contributed by atoms with Gasteiger partial charge in [0.1, 0.15) is 5.82 Å². The molecule has 1 N–H and O–H groups in total. The average molecular weight is 220 g/mol. The van der Waals surface area contributed by atoms with Crippen LogP contribution in [0.25, 0.3) is 0 Å². The second-order valence-corrected chi connectivity index (χ2v) is 3.99. The van der Waals surface area contributed by atoms with Gasteiger partial charge in [0, 0.05) is 19.3 Å². The zero-order chi connectivity index (χ0) is 12.0. The third-order valence-corrected chi connectivity index (χ3v) is 2.48. The van der Waals surface area contributed by atoms with Crippen LogP contribution in [0, 0.1) is 6.92 Å². The average Bonchev–Trinajstić information content (AvgIpc) is 2.28. The molecule has 0 radical (unpaired) electrons. The van der Waals surface area contributed by atoms with Gasteiger partial charge in [0.2, 0.25) is 0 Å². The summed E-state index contributed by atoms with van der Waals surface area (Å²) in [5.74, 6) is 0.924. The molecule has 0 aliphatic heterocycles. The van der Waals surface area contributed by atoms with Crippen LogP contribution in [0.2, 0.25) is 0 Å². The van der Waals surface area contributed by atoms with Crippen molar-refractivity contribution in [2.75, 3.05) is 18.5 Å². The molecule has 1 aromatic heterocycles. The standard InChI is InChI=1S/C13H20N2O/c1-4-5-6-7-15(3)13-9-12(10-16)8-11(2)14-13/h4,8-9,16H,1,5-7,10H2,2-3H3. The van der Waals surface area contributed by atoms with E-state index in [0.717, 1.165) is 36.5 Å². The summed E-state index contributed by atoms with van der Waals surface area (Å²) in [6.45, 7) is 6.67. The molecule has 1 heterocycles. The van der Waals surface area contributed by atoms with E-state index in [0.29, 0.717) is 0 Å². The van der Waals surface area contributed by atoms with Gasteiger partial charge in [0.25, 0.3) is 0 Å². The van der Waals surface area contributed by atoms with Crippen molar-refractivity contribution in [3.05, 3.63) is 36.0 Å². The molecule has 0 fully saturated rings. The largest absolute Gasteiger partial charge is 0.392 e. The third-order valence-electron chi connectivity index (χ3n) is 2.48. The number of unbranched alkanes of at least 4 members (excludes halogenated alkanes) is 1. The molecule has 1 rings (SSSR count). The first-order chi connectivity index (χ1) is 7.67. The molecule has 0 amide bonds. The second-order valence-electron chi connectivity index (χ2n) is 3.99. The Hall–Kier alpha value is -1.35. The third kappa shape index (κ3) is 3.66. The van der Waals surface area contributed by atoms with Gasteiger partial charge in [-0.05, 0) is 37.5 Å². The summed E-state index contributed by atoms with van der Waals surface area (Å²) in [5, 5.41) is 9.12. The maximum absolute atomic E-state index is 9.12. The molecule has 0 aromatic carbocycles. The molecule has 0 saturated heterocycles. The summed E-state index contributed by atoms with van der Waals surface area (Å²) >= 11 is 0. The maximum atomic E-state index is 9.12. The van der Waals surface area contributed by atoms with Crippen LogP contribution in [0.3, 0.4) is 0 Å². The Bertz CT molecular complexity index is 350. The van der Waals surface area contributed by atoms with Gasteiger partial charge in [0.15, 0.2) is 0 Å². The van der Waals surface area contributed by atoms with Gasteiger partial charge in [-0.15, -0.1) is 6.58 Å². The summed E-state index contributed by atoms with van der Waals surface area (Å²) < 4.78 is 0. The summed E-state index contributed by atoms with van der Waals surface area (Å²) in [6.07, 6.45) is 4.02. The Morgan fingerprint density at radius 1 is 1.50 bits per heavy atom. The van der Waals surface area contributed by atoms with E-state index in [-0.39, 0.29) is 6.61 Å². The van der Waals surface area contributed by atoms with Crippen LogP contribution < -0.4 is 4.90 Å². The lowest BCUT2D eigenvalue weighted by Crippen LogP contribution is -2.20. The molecule has 16 heavy (non-hydrogen) atoms. The molecule has 0 aliphatic rings. The number of aliphatic hydroxyl groups is 1. The molecule has 0 atom stereocenters. The molecule has 0 aliphatic carbocycles. The lowest BCUT2D eigenvalue weighted by molar-refractivity contribution is 0.281. The first kappa shape index (κ1) is 12.7. The minimum atomic E-state index is 0.0663. The number of pyridine rings is 1. The smallest absolute Gasteiger partial charge is 0.128 e. The number of hydrogen-bond donors (Lipinski definition) is 1. The van der Waals surface area contributed by atoms with Gasteiger partial charge >= 0.3 is 0 Å². The highest BCUT2D eigenvalue weighted by molar-refractivity contribution is 5.41. The van der Waals surface area contributed by atoms with Crippen molar-refractivity contribution in [3.8, 4) is 0 Å². The van der Waals surface area contributed by atoms with E-state index in [1.165, 1.54) is 0 Å². The summed E-state index contributed by atoms with van der Waals surface area (Å²) in [5.41, 5.74) is 1.86. The van der Waals surface area contributed by atoms with Crippen molar-refractivity contribution >= 4 is 5.82 Å². The number of nitrogens with zero attached hydrogens (tertiary/aromatic N) is 2. The number of aromatic nitrogens is 1. The monoisotopic (exact) mass is 220 g/mol. The van der Waals surface area contributed by atoms with Crippen LogP contribution in [0.15, 0.2) is 24.8 Å². The Morgan fingerprint density at radius 2 is 2.25 bits per heavy atom. The Kier molecular flexibility index (Phi) is 4.99. The fraction of sp³-hybridized carbons (Fsp3) is 0.462. The second kappa shape index (κ2) is 6.28. The first-order valence-corrected chi connectivity index (χ1v) is 5.58. The lowest BCUT2D eigenvalue weighted by Gasteiger charge is -2.18. The number of anilines is 1. The van der Waals surface area contributed by atoms with Gasteiger partial charge < -0.3 is 10.0 Å². The van der Waals surface area contributed by atoms with Gasteiger partial charge in [0.05, 0.1) is 6.61 Å². The van der Waals surface area contributed by atoms with Crippen LogP contribution in [0.4, 0.5) is 5.82 Å². The van der Waals surface area contributed by atoms with Gasteiger partial charge in [-0.3, -0.25) is 0 Å². The quantitative estimate of drug-likeness (QED) is 0.590. The van der Waals surface area contributed by atoms with E-state index in [2.05, 4.69) is 16.5 Å². The van der Waals surface area contributed by atoms with Crippen LogP contribution in [-0.2, 0) is 6.61 Å². The van der Waals surface area contributed by atoms with Gasteiger partial charge in [-0.1, -0.05) is 6.08 Å². The lowest BCUT2D eigenvalue weighted by atomic mass is 10.2. The number of aliphatic hydroxyl groups excluding tert-OH is 1. The minimum Gasteiger partial charge on any atom is -0.392 e. The zero-order valence-corrected chi connectivity index (χ0v) is 10.1. The number of hydrogen-bond acceptors (Lipinski definition) is 3. The molecule has 3 nitrogen and oxygen atoms in total. The Morgan fingerprint density at radius 3 is 2.88 bits per heavy atom. The topological polar surface area (TPSA) is 36.4 Å². The van der Waals surface area contributed by atoms with Crippen molar-refractivity contribution in [1.82, 2.24) is 4.98 Å². The van der Waals surface area contributed by atoms with Crippen molar-refractivity contribution in [1.29, 1.82) is 0 Å². The molecule has 1 aromatic rings. The van der Waals surface area contributed by atoms with E-state index in [9.17, 15) is 0 Å². The number of allylic oxidation sites excluding steroid dienone is 1. The normalized spacial score (nSPS) is 10.2. The Labute approximate surface area is 97.4 Å². The highest BCUT2D eigenvalue weighted by atomic mass is 16.3. The summed E-state index contributed by atoms with van der Waals surface area (Å²) in [4.78, 5) is 6.56. The highest BCUT2D eigenvalue weighted by Crippen LogP contribution is 2.14. The van der Waals surface area contributed by atoms with E-state index < -0.39 is 0 Å². The highest BCUT2D eigenvalue weighted by Gasteiger charge is 2.04. The minimum absolute atomic E-state index is 0.0663. The predicted octanol–water partition coefficient (Wildman–Crippen LogP) is 2.28. The van der Waals surface area contributed by atoms with Crippen LogP contribution in [-0.4, -0.2) is 23.7 Å². The fourth-order valence-electron chi connectivity index (χ4n) is 1.60. The molecule has 88 valence electrons. The molecular formula is C13H20N2O. The van der Waals surface area contributed by atoms with E-state index in [4.69, 9.17) is 5.11 Å². The molecule has 0 bridgehead atoms. The van der Waals surface area contributed by atoms with E-state index in [1.54, 1.807) is 0 Å². The van der Waals surface area contributed by atoms with Crippen LogP contribution in [0.5, 0.6) is 0 Å². The van der Waals surface area contributed by atoms with Crippen molar-refractivity contribution < 1.29 is 5.11 Å². The molecular weight excluding hydrogens is 200 g/mol. The fourth-order valence-corrected chi connectivity index (χ4v) is 1.60. The number of rotatable bonds is 6. The summed E-state index contributed by atoms with van der Waals surface area (Å²) in [6, 6.07) is 3.84. The predicted molar refractivity (Wildman–Crippen MR) is 67.6 cm³/mol. The molecule has 0 saturated carbocycles.